The molecule has 9 nitrogen and oxygen atoms in total. The van der Waals surface area contributed by atoms with E-state index in [0.717, 1.165) is 25.1 Å². The molecule has 0 spiro atoms. The number of hydrazone groups is 1. The highest BCUT2D eigenvalue weighted by Crippen LogP contribution is 2.31. The maximum atomic E-state index is 11.2. The van der Waals surface area contributed by atoms with Crippen molar-refractivity contribution in [3.05, 3.63) is 68.3 Å². The zero-order valence-electron chi connectivity index (χ0n) is 16.3. The van der Waals surface area contributed by atoms with Gasteiger partial charge in [0.2, 0.25) is 0 Å². The number of benzene rings is 2. The zero-order chi connectivity index (χ0) is 21.0. The Hall–Kier alpha value is -3.49. The second-order valence-electron chi connectivity index (χ2n) is 7.35. The lowest BCUT2D eigenvalue weighted by Gasteiger charge is -2.39. The van der Waals surface area contributed by atoms with E-state index in [-0.39, 0.29) is 11.4 Å². The van der Waals surface area contributed by atoms with Crippen molar-refractivity contribution in [2.75, 3.05) is 16.9 Å². The summed E-state index contributed by atoms with van der Waals surface area (Å²) in [6, 6.07) is 11.0. The first-order valence-electron chi connectivity index (χ1n) is 9.43. The minimum atomic E-state index is -0.469. The van der Waals surface area contributed by atoms with Gasteiger partial charge in [0.15, 0.2) is 0 Å². The van der Waals surface area contributed by atoms with Crippen LogP contribution in [0.1, 0.15) is 32.3 Å². The summed E-state index contributed by atoms with van der Waals surface area (Å²) in [5.74, 6) is 0.653. The topological polar surface area (TPSA) is 114 Å². The fourth-order valence-electron chi connectivity index (χ4n) is 3.62. The normalized spacial score (nSPS) is 19.3. The number of hydrogen-bond donors (Lipinski definition) is 1. The Morgan fingerprint density at radius 2 is 1.72 bits per heavy atom. The Bertz CT molecular complexity index is 929. The molecule has 3 rings (SSSR count). The molecule has 1 N–H and O–H groups in total. The van der Waals surface area contributed by atoms with Crippen molar-refractivity contribution in [3.63, 3.8) is 0 Å². The van der Waals surface area contributed by atoms with Gasteiger partial charge in [0.25, 0.3) is 11.4 Å². The summed E-state index contributed by atoms with van der Waals surface area (Å²) in [4.78, 5) is 23.3. The second kappa shape index (κ2) is 8.68. The molecule has 0 bridgehead atoms. The fraction of sp³-hybridized carbons (Fsp3) is 0.350. The van der Waals surface area contributed by atoms with Crippen LogP contribution in [-0.4, -0.2) is 28.6 Å². The number of nitrogens with one attached hydrogen (secondary N) is 1. The number of nitro groups is 2. The van der Waals surface area contributed by atoms with E-state index in [2.05, 4.69) is 29.3 Å². The molecular weight excluding hydrogens is 374 g/mol. The first-order valence-corrected chi connectivity index (χ1v) is 9.43. The van der Waals surface area contributed by atoms with Gasteiger partial charge in [-0.15, -0.1) is 0 Å². The van der Waals surface area contributed by atoms with Crippen molar-refractivity contribution in [1.29, 1.82) is 0 Å². The Kier molecular flexibility index (Phi) is 6.06. The highest BCUT2D eigenvalue weighted by atomic mass is 16.6. The number of rotatable bonds is 6. The number of nitrogens with zero attached hydrogens (tertiary/aromatic N) is 4. The summed E-state index contributed by atoms with van der Waals surface area (Å²) in [7, 11) is 0. The molecule has 0 radical (unpaired) electrons. The third kappa shape index (κ3) is 4.87. The van der Waals surface area contributed by atoms with E-state index in [9.17, 15) is 20.2 Å². The van der Waals surface area contributed by atoms with Crippen LogP contribution < -0.4 is 10.3 Å². The van der Waals surface area contributed by atoms with Gasteiger partial charge < -0.3 is 4.90 Å². The average Bonchev–Trinajstić information content (AvgIpc) is 2.68. The Morgan fingerprint density at radius 3 is 2.34 bits per heavy atom. The highest BCUT2D eigenvalue weighted by Gasteiger charge is 2.25. The molecule has 152 valence electrons. The maximum Gasteiger partial charge on any atom is 0.270 e. The quantitative estimate of drug-likeness (QED) is 0.434. The van der Waals surface area contributed by atoms with E-state index in [0.29, 0.717) is 23.2 Å². The average molecular weight is 397 g/mol. The molecule has 1 saturated heterocycles. The van der Waals surface area contributed by atoms with Crippen LogP contribution in [0.4, 0.5) is 22.7 Å². The number of piperidine rings is 1. The van der Waals surface area contributed by atoms with Crippen LogP contribution in [0.5, 0.6) is 0 Å². The van der Waals surface area contributed by atoms with Gasteiger partial charge in [-0.2, -0.15) is 5.10 Å². The monoisotopic (exact) mass is 397 g/mol. The SMILES string of the molecule is C[C@H]1CCN(c2ccc([N+](=O)[O-])cc2C=NNc2ccc([N+](=O)[O-])cc2)[C@@H](C)C1. The molecule has 2 aromatic rings. The van der Waals surface area contributed by atoms with Gasteiger partial charge in [0.1, 0.15) is 0 Å². The van der Waals surface area contributed by atoms with E-state index < -0.39 is 9.85 Å². The molecule has 9 heteroatoms. The van der Waals surface area contributed by atoms with Crippen LogP contribution in [-0.2, 0) is 0 Å². The predicted molar refractivity (Wildman–Crippen MR) is 113 cm³/mol. The van der Waals surface area contributed by atoms with Crippen LogP contribution in [0.15, 0.2) is 47.6 Å². The smallest absolute Gasteiger partial charge is 0.270 e. The van der Waals surface area contributed by atoms with Crippen LogP contribution in [0.25, 0.3) is 0 Å². The summed E-state index contributed by atoms with van der Waals surface area (Å²) >= 11 is 0. The maximum absolute atomic E-state index is 11.2. The number of hydrogen-bond acceptors (Lipinski definition) is 7. The van der Waals surface area contributed by atoms with E-state index in [1.54, 1.807) is 24.4 Å². The molecule has 0 unspecified atom stereocenters. The summed E-state index contributed by atoms with van der Waals surface area (Å²) in [6.07, 6.45) is 3.68. The molecule has 1 aliphatic heterocycles. The number of nitro benzene ring substituents is 2. The molecule has 2 atom stereocenters. The zero-order valence-corrected chi connectivity index (χ0v) is 16.3. The molecule has 1 fully saturated rings. The summed E-state index contributed by atoms with van der Waals surface area (Å²) in [6.45, 7) is 5.28. The van der Waals surface area contributed by atoms with Crippen LogP contribution in [0.2, 0.25) is 0 Å². The van der Waals surface area contributed by atoms with Gasteiger partial charge in [0.05, 0.1) is 21.7 Å². The van der Waals surface area contributed by atoms with Crippen LogP contribution >= 0.6 is 0 Å². The minimum Gasteiger partial charge on any atom is -0.368 e. The lowest BCUT2D eigenvalue weighted by atomic mass is 9.92. The van der Waals surface area contributed by atoms with Crippen molar-refractivity contribution in [3.8, 4) is 0 Å². The molecule has 0 aliphatic carbocycles. The number of non-ortho nitro benzene ring substituents is 2. The molecule has 29 heavy (non-hydrogen) atoms. The van der Waals surface area contributed by atoms with E-state index >= 15 is 0 Å². The Labute approximate surface area is 168 Å². The van der Waals surface area contributed by atoms with E-state index in [4.69, 9.17) is 0 Å². The highest BCUT2D eigenvalue weighted by molar-refractivity contribution is 5.89. The molecule has 0 amide bonds. The first-order chi connectivity index (χ1) is 13.8. The van der Waals surface area contributed by atoms with E-state index in [1.807, 2.05) is 0 Å². The van der Waals surface area contributed by atoms with E-state index in [1.165, 1.54) is 24.3 Å². The van der Waals surface area contributed by atoms with Crippen molar-refractivity contribution < 1.29 is 9.85 Å². The van der Waals surface area contributed by atoms with Crippen molar-refractivity contribution >= 4 is 29.0 Å². The molecule has 0 saturated carbocycles. The molecular formula is C20H23N5O4. The molecule has 1 aliphatic rings. The standard InChI is InChI=1S/C20H23N5O4/c1-14-9-10-23(15(2)11-14)20-8-7-19(25(28)29)12-16(20)13-21-22-17-3-5-18(6-4-17)24(26)27/h3-8,12-15,22H,9-11H2,1-2H3/t14-,15-/m0/s1. The van der Waals surface area contributed by atoms with Gasteiger partial charge >= 0.3 is 0 Å². The Balaban J connectivity index is 1.83. The summed E-state index contributed by atoms with van der Waals surface area (Å²) in [5.41, 5.74) is 4.95. The number of anilines is 2. The minimum absolute atomic E-state index is 0.00330. The van der Waals surface area contributed by atoms with Crippen molar-refractivity contribution in [2.24, 2.45) is 11.0 Å². The fourth-order valence-corrected chi connectivity index (χ4v) is 3.62. The molecule has 1 heterocycles. The first kappa shape index (κ1) is 20.2. The summed E-state index contributed by atoms with van der Waals surface area (Å²) in [5, 5.41) is 26.1. The molecule has 2 aromatic carbocycles. The van der Waals surface area contributed by atoms with Gasteiger partial charge in [0, 0.05) is 48.1 Å². The van der Waals surface area contributed by atoms with Gasteiger partial charge in [-0.25, -0.2) is 0 Å². The van der Waals surface area contributed by atoms with Crippen LogP contribution in [0, 0.1) is 26.1 Å². The predicted octanol–water partition coefficient (Wildman–Crippen LogP) is 4.57. The van der Waals surface area contributed by atoms with Crippen molar-refractivity contribution in [1.82, 2.24) is 0 Å². The summed E-state index contributed by atoms with van der Waals surface area (Å²) < 4.78 is 0. The third-order valence-electron chi connectivity index (χ3n) is 5.15. The van der Waals surface area contributed by atoms with Gasteiger partial charge in [-0.3, -0.25) is 25.7 Å². The largest absolute Gasteiger partial charge is 0.368 e. The third-order valence-corrected chi connectivity index (χ3v) is 5.15. The lowest BCUT2D eigenvalue weighted by Crippen LogP contribution is -2.40. The lowest BCUT2D eigenvalue weighted by molar-refractivity contribution is -0.385. The van der Waals surface area contributed by atoms with Gasteiger partial charge in [-0.05, 0) is 43.9 Å². The van der Waals surface area contributed by atoms with Crippen molar-refractivity contribution in [2.45, 2.75) is 32.7 Å². The molecule has 0 aromatic heterocycles. The van der Waals surface area contributed by atoms with Crippen LogP contribution in [0.3, 0.4) is 0 Å². The second-order valence-corrected chi connectivity index (χ2v) is 7.35. The van der Waals surface area contributed by atoms with Gasteiger partial charge in [-0.1, -0.05) is 6.92 Å². The Morgan fingerprint density at radius 1 is 1.07 bits per heavy atom.